The van der Waals surface area contributed by atoms with Crippen molar-refractivity contribution in [1.82, 2.24) is 0 Å². The highest BCUT2D eigenvalue weighted by molar-refractivity contribution is 5.78. The zero-order valence-corrected chi connectivity index (χ0v) is 8.97. The van der Waals surface area contributed by atoms with Crippen LogP contribution in [-0.4, -0.2) is 16.9 Å². The summed E-state index contributed by atoms with van der Waals surface area (Å²) in [6.45, 7) is 3.17. The lowest BCUT2D eigenvalue weighted by molar-refractivity contribution is -0.386. The van der Waals surface area contributed by atoms with Gasteiger partial charge in [-0.05, 0) is 25.5 Å². The molecule has 1 aromatic rings. The first-order valence-electron chi connectivity index (χ1n) is 4.63. The number of nitro groups is 1. The van der Waals surface area contributed by atoms with Gasteiger partial charge < -0.3 is 10.5 Å². The summed E-state index contributed by atoms with van der Waals surface area (Å²) in [5.41, 5.74) is 5.57. The Morgan fingerprint density at radius 1 is 1.56 bits per heavy atom. The van der Waals surface area contributed by atoms with Crippen LogP contribution in [0.4, 0.5) is 5.69 Å². The number of carbonyl (C=O) groups is 1. The number of amides is 1. The van der Waals surface area contributed by atoms with Crippen LogP contribution >= 0.6 is 0 Å². The van der Waals surface area contributed by atoms with Crippen molar-refractivity contribution >= 4 is 11.6 Å². The fraction of sp³-hybridized carbons (Fsp3) is 0.300. The third-order valence-electron chi connectivity index (χ3n) is 2.02. The van der Waals surface area contributed by atoms with Crippen LogP contribution in [0.1, 0.15) is 12.5 Å². The molecule has 0 spiro atoms. The number of nitrogens with two attached hydrogens (primary N) is 1. The molecule has 1 aromatic carbocycles. The minimum atomic E-state index is -0.901. The Morgan fingerprint density at radius 2 is 2.19 bits per heavy atom. The van der Waals surface area contributed by atoms with Crippen LogP contribution < -0.4 is 10.5 Å². The van der Waals surface area contributed by atoms with Crippen LogP contribution in [0.3, 0.4) is 0 Å². The highest BCUT2D eigenvalue weighted by atomic mass is 16.6. The van der Waals surface area contributed by atoms with E-state index in [1.165, 1.54) is 19.1 Å². The topological polar surface area (TPSA) is 95.5 Å². The molecule has 0 bridgehead atoms. The maximum absolute atomic E-state index is 10.8. The second-order valence-electron chi connectivity index (χ2n) is 3.39. The van der Waals surface area contributed by atoms with Gasteiger partial charge in [-0.3, -0.25) is 14.9 Å². The van der Waals surface area contributed by atoms with Gasteiger partial charge in [-0.2, -0.15) is 0 Å². The largest absolute Gasteiger partial charge is 0.474 e. The second kappa shape index (κ2) is 4.61. The molecular weight excluding hydrogens is 212 g/mol. The fourth-order valence-electron chi connectivity index (χ4n) is 1.12. The number of benzene rings is 1. The minimum Gasteiger partial charge on any atom is -0.474 e. The molecule has 0 radical (unpaired) electrons. The monoisotopic (exact) mass is 224 g/mol. The maximum atomic E-state index is 10.8. The van der Waals surface area contributed by atoms with Crippen LogP contribution in [0.2, 0.25) is 0 Å². The molecule has 6 heteroatoms. The van der Waals surface area contributed by atoms with E-state index in [0.717, 1.165) is 5.56 Å². The van der Waals surface area contributed by atoms with Gasteiger partial charge in [0.2, 0.25) is 0 Å². The molecule has 0 aromatic heterocycles. The Bertz CT molecular complexity index is 431. The van der Waals surface area contributed by atoms with E-state index in [9.17, 15) is 14.9 Å². The van der Waals surface area contributed by atoms with Crippen molar-refractivity contribution in [3.8, 4) is 5.75 Å². The molecule has 1 amide bonds. The number of nitro benzene ring substituents is 1. The van der Waals surface area contributed by atoms with E-state index in [1.807, 2.05) is 0 Å². The maximum Gasteiger partial charge on any atom is 0.311 e. The van der Waals surface area contributed by atoms with Gasteiger partial charge >= 0.3 is 5.69 Å². The first kappa shape index (κ1) is 12.0. The lowest BCUT2D eigenvalue weighted by Crippen LogP contribution is -2.30. The summed E-state index contributed by atoms with van der Waals surface area (Å²) >= 11 is 0. The van der Waals surface area contributed by atoms with E-state index in [1.54, 1.807) is 13.0 Å². The fourth-order valence-corrected chi connectivity index (χ4v) is 1.12. The van der Waals surface area contributed by atoms with Gasteiger partial charge in [-0.15, -0.1) is 0 Å². The van der Waals surface area contributed by atoms with E-state index in [-0.39, 0.29) is 11.4 Å². The number of hydrogen-bond acceptors (Lipinski definition) is 4. The Labute approximate surface area is 92.2 Å². The van der Waals surface area contributed by atoms with Crippen molar-refractivity contribution in [3.05, 3.63) is 33.9 Å². The van der Waals surface area contributed by atoms with Gasteiger partial charge in [-0.1, -0.05) is 6.07 Å². The number of hydrogen-bond donors (Lipinski definition) is 1. The SMILES string of the molecule is Cc1ccc(OC(C)C(N)=O)c([N+](=O)[O-])c1. The first-order chi connectivity index (χ1) is 7.41. The number of nitrogens with zero attached hydrogens (tertiary/aromatic N) is 1. The Morgan fingerprint density at radius 3 is 2.69 bits per heavy atom. The van der Waals surface area contributed by atoms with Gasteiger partial charge in [0, 0.05) is 6.07 Å². The van der Waals surface area contributed by atoms with Crippen molar-refractivity contribution in [2.45, 2.75) is 20.0 Å². The number of primary amides is 1. The van der Waals surface area contributed by atoms with Crippen molar-refractivity contribution in [2.24, 2.45) is 5.73 Å². The van der Waals surface area contributed by atoms with Gasteiger partial charge in [-0.25, -0.2) is 0 Å². The van der Waals surface area contributed by atoms with Gasteiger partial charge in [0.15, 0.2) is 11.9 Å². The van der Waals surface area contributed by atoms with Crippen LogP contribution in [0.5, 0.6) is 5.75 Å². The van der Waals surface area contributed by atoms with E-state index in [4.69, 9.17) is 10.5 Å². The van der Waals surface area contributed by atoms with E-state index < -0.39 is 16.9 Å². The molecule has 0 fully saturated rings. The molecule has 0 aliphatic heterocycles. The van der Waals surface area contributed by atoms with E-state index in [2.05, 4.69) is 0 Å². The van der Waals surface area contributed by atoms with Crippen LogP contribution in [-0.2, 0) is 4.79 Å². The number of carbonyl (C=O) groups excluding carboxylic acids is 1. The molecule has 0 aliphatic rings. The molecule has 0 aliphatic carbocycles. The third-order valence-corrected chi connectivity index (χ3v) is 2.02. The second-order valence-corrected chi connectivity index (χ2v) is 3.39. The summed E-state index contributed by atoms with van der Waals surface area (Å²) in [5, 5.41) is 10.7. The predicted octanol–water partition coefficient (Wildman–Crippen LogP) is 1.16. The van der Waals surface area contributed by atoms with Crippen molar-refractivity contribution in [1.29, 1.82) is 0 Å². The third kappa shape index (κ3) is 2.69. The molecule has 0 heterocycles. The summed E-state index contributed by atoms with van der Waals surface area (Å²) in [6, 6.07) is 4.49. The summed E-state index contributed by atoms with van der Waals surface area (Å²) in [5.74, 6) is -0.628. The Kier molecular flexibility index (Phi) is 3.44. The summed E-state index contributed by atoms with van der Waals surface area (Å²) < 4.78 is 5.11. The molecule has 0 saturated heterocycles. The average Bonchev–Trinajstić information content (AvgIpc) is 2.20. The van der Waals surface area contributed by atoms with E-state index in [0.29, 0.717) is 0 Å². The van der Waals surface area contributed by atoms with Gasteiger partial charge in [0.05, 0.1) is 4.92 Å². The molecule has 16 heavy (non-hydrogen) atoms. The quantitative estimate of drug-likeness (QED) is 0.613. The minimum absolute atomic E-state index is 0.0434. The molecule has 86 valence electrons. The van der Waals surface area contributed by atoms with Crippen LogP contribution in [0, 0.1) is 17.0 Å². The Balaban J connectivity index is 3.04. The zero-order valence-electron chi connectivity index (χ0n) is 8.97. The molecule has 2 N–H and O–H groups in total. The lowest BCUT2D eigenvalue weighted by atomic mass is 10.2. The normalized spacial score (nSPS) is 11.9. The number of aryl methyl sites for hydroxylation is 1. The molecule has 1 unspecified atom stereocenters. The highest BCUT2D eigenvalue weighted by Crippen LogP contribution is 2.28. The van der Waals surface area contributed by atoms with Crippen molar-refractivity contribution < 1.29 is 14.5 Å². The molecular formula is C10H12N2O4. The predicted molar refractivity (Wildman–Crippen MR) is 57.1 cm³/mol. The molecule has 0 saturated carbocycles. The summed E-state index contributed by atoms with van der Waals surface area (Å²) in [7, 11) is 0. The van der Waals surface area contributed by atoms with Crippen LogP contribution in [0.25, 0.3) is 0 Å². The van der Waals surface area contributed by atoms with Crippen molar-refractivity contribution in [3.63, 3.8) is 0 Å². The number of ether oxygens (including phenoxy) is 1. The van der Waals surface area contributed by atoms with Crippen LogP contribution in [0.15, 0.2) is 18.2 Å². The summed E-state index contributed by atoms with van der Waals surface area (Å²) in [4.78, 5) is 21.0. The number of rotatable bonds is 4. The van der Waals surface area contributed by atoms with Gasteiger partial charge in [0.25, 0.3) is 5.91 Å². The van der Waals surface area contributed by atoms with Gasteiger partial charge in [0.1, 0.15) is 0 Å². The summed E-state index contributed by atoms with van der Waals surface area (Å²) in [6.07, 6.45) is -0.901. The van der Waals surface area contributed by atoms with Crippen molar-refractivity contribution in [2.75, 3.05) is 0 Å². The molecule has 6 nitrogen and oxygen atoms in total. The standard InChI is InChI=1S/C10H12N2O4/c1-6-3-4-9(8(5-6)12(14)15)16-7(2)10(11)13/h3-5,7H,1-2H3,(H2,11,13). The lowest BCUT2D eigenvalue weighted by Gasteiger charge is -2.11. The molecule has 1 atom stereocenters. The smallest absolute Gasteiger partial charge is 0.311 e. The zero-order chi connectivity index (χ0) is 12.3. The highest BCUT2D eigenvalue weighted by Gasteiger charge is 2.19. The Hall–Kier alpha value is -2.11. The average molecular weight is 224 g/mol. The first-order valence-corrected chi connectivity index (χ1v) is 4.63. The van der Waals surface area contributed by atoms with E-state index >= 15 is 0 Å². The molecule has 1 rings (SSSR count).